The molecule has 1 aromatic carbocycles. The Labute approximate surface area is 129 Å². The number of hydrogen-bond acceptors (Lipinski definition) is 2. The van der Waals surface area contributed by atoms with Crippen LogP contribution in [0.4, 0.5) is 0 Å². The second kappa shape index (κ2) is 5.08. The standard InChI is InChI=1S/C16H19Cl2NO/c17-11-7-12-14(3-4-20-16(12)13(18)8-11)19-15-6-9-1-2-10(15)5-9/h7-10,14-15,19H,1-6H2. The average Bonchev–Trinajstić information content (AvgIpc) is 3.02. The van der Waals surface area contributed by atoms with Crippen molar-refractivity contribution in [2.24, 2.45) is 11.8 Å². The zero-order valence-electron chi connectivity index (χ0n) is 11.4. The highest BCUT2D eigenvalue weighted by Crippen LogP contribution is 2.46. The monoisotopic (exact) mass is 311 g/mol. The number of hydrogen-bond donors (Lipinski definition) is 1. The fourth-order valence-corrected chi connectivity index (χ4v) is 4.87. The summed E-state index contributed by atoms with van der Waals surface area (Å²) in [6, 6.07) is 4.77. The summed E-state index contributed by atoms with van der Waals surface area (Å²) in [5.41, 5.74) is 1.14. The van der Waals surface area contributed by atoms with Crippen molar-refractivity contribution in [2.75, 3.05) is 6.61 Å². The highest BCUT2D eigenvalue weighted by atomic mass is 35.5. The van der Waals surface area contributed by atoms with Gasteiger partial charge in [-0.2, -0.15) is 0 Å². The summed E-state index contributed by atoms with van der Waals surface area (Å²) in [6.45, 7) is 0.729. The lowest BCUT2D eigenvalue weighted by Crippen LogP contribution is -2.38. The molecule has 2 fully saturated rings. The summed E-state index contributed by atoms with van der Waals surface area (Å²) in [6.07, 6.45) is 6.59. The molecule has 1 heterocycles. The van der Waals surface area contributed by atoms with E-state index >= 15 is 0 Å². The van der Waals surface area contributed by atoms with Gasteiger partial charge in [-0.05, 0) is 43.2 Å². The van der Waals surface area contributed by atoms with E-state index in [0.29, 0.717) is 22.1 Å². The van der Waals surface area contributed by atoms with Gasteiger partial charge in [0, 0.05) is 29.1 Å². The molecular formula is C16H19Cl2NO. The molecule has 2 aliphatic carbocycles. The third-order valence-corrected chi connectivity index (χ3v) is 5.72. The number of ether oxygens (including phenoxy) is 1. The van der Waals surface area contributed by atoms with E-state index in [0.717, 1.165) is 36.2 Å². The molecule has 2 saturated carbocycles. The maximum absolute atomic E-state index is 6.26. The second-order valence-corrected chi connectivity index (χ2v) is 7.29. The van der Waals surface area contributed by atoms with Crippen LogP contribution in [0.5, 0.6) is 5.75 Å². The first-order chi connectivity index (χ1) is 9.70. The van der Waals surface area contributed by atoms with Crippen molar-refractivity contribution in [2.45, 2.75) is 44.2 Å². The van der Waals surface area contributed by atoms with Gasteiger partial charge in [-0.15, -0.1) is 0 Å². The van der Waals surface area contributed by atoms with E-state index in [1.54, 1.807) is 6.07 Å². The number of nitrogens with one attached hydrogen (secondary N) is 1. The van der Waals surface area contributed by atoms with Crippen molar-refractivity contribution in [1.29, 1.82) is 0 Å². The Morgan fingerprint density at radius 3 is 2.75 bits per heavy atom. The fraction of sp³-hybridized carbons (Fsp3) is 0.625. The molecule has 20 heavy (non-hydrogen) atoms. The smallest absolute Gasteiger partial charge is 0.142 e. The van der Waals surface area contributed by atoms with Crippen LogP contribution in [-0.4, -0.2) is 12.6 Å². The van der Waals surface area contributed by atoms with Gasteiger partial charge in [0.05, 0.1) is 11.6 Å². The van der Waals surface area contributed by atoms with Crippen LogP contribution in [-0.2, 0) is 0 Å². The summed E-state index contributed by atoms with van der Waals surface area (Å²) in [7, 11) is 0. The predicted octanol–water partition coefficient (Wildman–Crippen LogP) is 4.60. The van der Waals surface area contributed by atoms with Crippen molar-refractivity contribution in [3.8, 4) is 5.75 Å². The van der Waals surface area contributed by atoms with Crippen LogP contribution in [0.2, 0.25) is 10.0 Å². The van der Waals surface area contributed by atoms with E-state index in [1.807, 2.05) is 6.07 Å². The Bertz CT molecular complexity index is 533. The first-order valence-electron chi connectivity index (χ1n) is 7.58. The number of fused-ring (bicyclic) bond motifs is 3. The number of halogens is 2. The maximum Gasteiger partial charge on any atom is 0.142 e. The molecule has 0 aromatic heterocycles. The fourth-order valence-electron chi connectivity index (χ4n) is 4.31. The van der Waals surface area contributed by atoms with Gasteiger partial charge in [0.25, 0.3) is 0 Å². The summed E-state index contributed by atoms with van der Waals surface area (Å²) in [4.78, 5) is 0. The molecule has 4 atom stereocenters. The SMILES string of the molecule is Clc1cc(Cl)c2c(c1)C(NC1CC3CCC1C3)CCO2. The van der Waals surface area contributed by atoms with Crippen molar-refractivity contribution in [1.82, 2.24) is 5.32 Å². The van der Waals surface area contributed by atoms with Crippen LogP contribution < -0.4 is 10.1 Å². The van der Waals surface area contributed by atoms with Crippen molar-refractivity contribution in [3.05, 3.63) is 27.7 Å². The summed E-state index contributed by atoms with van der Waals surface area (Å²) in [5, 5.41) is 5.19. The molecule has 0 spiro atoms. The van der Waals surface area contributed by atoms with Gasteiger partial charge >= 0.3 is 0 Å². The third-order valence-electron chi connectivity index (χ3n) is 5.22. The van der Waals surface area contributed by atoms with E-state index in [9.17, 15) is 0 Å². The Morgan fingerprint density at radius 2 is 2.00 bits per heavy atom. The molecular weight excluding hydrogens is 293 g/mol. The molecule has 4 heteroatoms. The second-order valence-electron chi connectivity index (χ2n) is 6.44. The zero-order chi connectivity index (χ0) is 13.7. The summed E-state index contributed by atoms with van der Waals surface area (Å²) in [5.74, 6) is 2.66. The lowest BCUT2D eigenvalue weighted by atomic mass is 9.92. The molecule has 1 aromatic rings. The molecule has 4 rings (SSSR count). The predicted molar refractivity (Wildman–Crippen MR) is 81.7 cm³/mol. The van der Waals surface area contributed by atoms with Gasteiger partial charge in [-0.3, -0.25) is 0 Å². The lowest BCUT2D eigenvalue weighted by molar-refractivity contribution is 0.228. The van der Waals surface area contributed by atoms with Crippen molar-refractivity contribution in [3.63, 3.8) is 0 Å². The first kappa shape index (κ1) is 13.2. The summed E-state index contributed by atoms with van der Waals surface area (Å²) >= 11 is 12.4. The topological polar surface area (TPSA) is 21.3 Å². The molecule has 3 aliphatic rings. The number of rotatable bonds is 2. The van der Waals surface area contributed by atoms with Crippen LogP contribution in [0.1, 0.15) is 43.7 Å². The van der Waals surface area contributed by atoms with Gasteiger partial charge in [-0.1, -0.05) is 29.6 Å². The maximum atomic E-state index is 6.26. The van der Waals surface area contributed by atoms with Crippen molar-refractivity contribution < 1.29 is 4.74 Å². The molecule has 0 saturated heterocycles. The largest absolute Gasteiger partial charge is 0.492 e. The average molecular weight is 312 g/mol. The zero-order valence-corrected chi connectivity index (χ0v) is 12.9. The minimum absolute atomic E-state index is 0.333. The molecule has 1 N–H and O–H groups in total. The molecule has 0 amide bonds. The van der Waals surface area contributed by atoms with Gasteiger partial charge in [-0.25, -0.2) is 0 Å². The third kappa shape index (κ3) is 2.22. The highest BCUT2D eigenvalue weighted by molar-refractivity contribution is 6.35. The van der Waals surface area contributed by atoms with Crippen LogP contribution in [0, 0.1) is 11.8 Å². The van der Waals surface area contributed by atoms with Crippen LogP contribution in [0.15, 0.2) is 12.1 Å². The van der Waals surface area contributed by atoms with Crippen LogP contribution in [0.3, 0.4) is 0 Å². The Kier molecular flexibility index (Phi) is 3.36. The molecule has 4 unspecified atom stereocenters. The van der Waals surface area contributed by atoms with Gasteiger partial charge in [0.1, 0.15) is 5.75 Å². The minimum Gasteiger partial charge on any atom is -0.492 e. The minimum atomic E-state index is 0.333. The molecule has 0 radical (unpaired) electrons. The molecule has 2 bridgehead atoms. The summed E-state index contributed by atoms with van der Waals surface area (Å²) < 4.78 is 5.74. The van der Waals surface area contributed by atoms with E-state index in [-0.39, 0.29) is 0 Å². The first-order valence-corrected chi connectivity index (χ1v) is 8.34. The molecule has 2 nitrogen and oxygen atoms in total. The van der Waals surface area contributed by atoms with E-state index in [1.165, 1.54) is 25.7 Å². The van der Waals surface area contributed by atoms with Gasteiger partial charge in [0.2, 0.25) is 0 Å². The Morgan fingerprint density at radius 1 is 1.10 bits per heavy atom. The van der Waals surface area contributed by atoms with E-state index in [4.69, 9.17) is 27.9 Å². The van der Waals surface area contributed by atoms with Crippen molar-refractivity contribution >= 4 is 23.2 Å². The van der Waals surface area contributed by atoms with Gasteiger partial charge in [0.15, 0.2) is 0 Å². The Hall–Kier alpha value is -0.440. The van der Waals surface area contributed by atoms with Crippen LogP contribution in [0.25, 0.3) is 0 Å². The highest BCUT2D eigenvalue weighted by Gasteiger charge is 2.40. The van der Waals surface area contributed by atoms with E-state index < -0.39 is 0 Å². The lowest BCUT2D eigenvalue weighted by Gasteiger charge is -2.33. The number of benzene rings is 1. The normalized spacial score (nSPS) is 34.9. The quantitative estimate of drug-likeness (QED) is 0.862. The molecule has 108 valence electrons. The van der Waals surface area contributed by atoms with Crippen LogP contribution >= 0.6 is 23.2 Å². The molecule has 1 aliphatic heterocycles. The Balaban J connectivity index is 1.59. The van der Waals surface area contributed by atoms with Gasteiger partial charge < -0.3 is 10.1 Å². The van der Waals surface area contributed by atoms with E-state index in [2.05, 4.69) is 5.32 Å².